The van der Waals surface area contributed by atoms with Crippen LogP contribution < -0.4 is 0 Å². The number of hydrogen-bond donors (Lipinski definition) is 0. The molecule has 0 unspecified atom stereocenters. The summed E-state index contributed by atoms with van der Waals surface area (Å²) in [5, 5.41) is 0. The molecule has 0 spiro atoms. The average Bonchev–Trinajstić information content (AvgIpc) is 1.65. The lowest BCUT2D eigenvalue weighted by atomic mass is 10.4. The molecule has 0 aromatic carbocycles. The summed E-state index contributed by atoms with van der Waals surface area (Å²) in [6.45, 7) is 2.03. The molecule has 2 heteroatoms. The summed E-state index contributed by atoms with van der Waals surface area (Å²) in [6.07, 6.45) is 0.925. The van der Waals surface area contributed by atoms with E-state index < -0.39 is 0 Å². The highest BCUT2D eigenvalue weighted by Gasteiger charge is 2.01. The maximum Gasteiger partial charge on any atom is 0.128 e. The Hall–Kier alpha value is 0.250. The van der Waals surface area contributed by atoms with Gasteiger partial charge in [0.15, 0.2) is 0 Å². The fourth-order valence-corrected chi connectivity index (χ4v) is 0.316. The molecule has 0 aromatic rings. The normalized spacial score (nSPS) is 11.1. The third kappa shape index (κ3) is 2.89. The van der Waals surface area contributed by atoms with Crippen LogP contribution in [0.3, 0.4) is 0 Å². The van der Waals surface area contributed by atoms with Crippen LogP contribution in [0, 0.1) is 5.50 Å². The van der Waals surface area contributed by atoms with Crippen LogP contribution in [0.4, 0.5) is 0 Å². The summed E-state index contributed by atoms with van der Waals surface area (Å²) in [5.41, 5.74) is 0.903. The van der Waals surface area contributed by atoms with Gasteiger partial charge in [-0.15, -0.1) is 0 Å². The Morgan fingerprint density at radius 3 is 2.00 bits per heavy atom. The molecular formula is C5H11ClN. The average molecular weight is 121 g/mol. The van der Waals surface area contributed by atoms with E-state index in [0.29, 0.717) is 0 Å². The summed E-state index contributed by atoms with van der Waals surface area (Å²) in [5.74, 6) is 0. The van der Waals surface area contributed by atoms with E-state index in [1.165, 1.54) is 0 Å². The predicted molar refractivity (Wildman–Crippen MR) is 33.1 cm³/mol. The fourth-order valence-electron chi connectivity index (χ4n) is 0.316. The van der Waals surface area contributed by atoms with Crippen molar-refractivity contribution in [3.63, 3.8) is 0 Å². The van der Waals surface area contributed by atoms with Gasteiger partial charge < -0.3 is 0 Å². The highest BCUT2D eigenvalue weighted by molar-refractivity contribution is 6.26. The van der Waals surface area contributed by atoms with Crippen molar-refractivity contribution in [2.45, 2.75) is 13.3 Å². The maximum atomic E-state index is 5.64. The van der Waals surface area contributed by atoms with Crippen LogP contribution in [0.25, 0.3) is 0 Å². The van der Waals surface area contributed by atoms with Crippen LogP contribution >= 0.6 is 11.6 Å². The molecule has 0 amide bonds. The first kappa shape index (κ1) is 7.25. The zero-order valence-electron chi connectivity index (χ0n) is 5.03. The molecule has 1 radical (unpaired) electrons. The fraction of sp³-hybridized carbons (Fsp3) is 0.800. The van der Waals surface area contributed by atoms with E-state index in [-0.39, 0.29) is 0 Å². The van der Waals surface area contributed by atoms with Crippen molar-refractivity contribution < 1.29 is 0 Å². The Balaban J connectivity index is 3.14. The zero-order valence-corrected chi connectivity index (χ0v) is 5.79. The zero-order chi connectivity index (χ0) is 5.86. The maximum absolute atomic E-state index is 5.64. The molecule has 0 rings (SSSR count). The van der Waals surface area contributed by atoms with E-state index in [1.54, 1.807) is 0 Å². The van der Waals surface area contributed by atoms with Crippen LogP contribution in [0.15, 0.2) is 0 Å². The summed E-state index contributed by atoms with van der Waals surface area (Å²) in [6, 6.07) is 0. The Bertz CT molecular complexity index is 45.3. The highest BCUT2D eigenvalue weighted by atomic mass is 35.5. The minimum Gasteiger partial charge on any atom is -0.289 e. The van der Waals surface area contributed by atoms with Crippen molar-refractivity contribution in [2.24, 2.45) is 0 Å². The molecule has 0 aliphatic rings. The largest absolute Gasteiger partial charge is 0.289 e. The van der Waals surface area contributed by atoms with Gasteiger partial charge in [0.25, 0.3) is 0 Å². The molecule has 0 saturated carbocycles. The smallest absolute Gasteiger partial charge is 0.128 e. The second-order valence-corrected chi connectivity index (χ2v) is 2.06. The molecule has 0 fully saturated rings. The molecule has 1 nitrogen and oxygen atoms in total. The van der Waals surface area contributed by atoms with E-state index in [0.717, 1.165) is 11.9 Å². The van der Waals surface area contributed by atoms with Crippen LogP contribution in [0.2, 0.25) is 0 Å². The van der Waals surface area contributed by atoms with Crippen molar-refractivity contribution in [3.8, 4) is 0 Å². The summed E-state index contributed by atoms with van der Waals surface area (Å²) in [4.78, 5) is 1.90. The van der Waals surface area contributed by atoms with Crippen LogP contribution in [0.1, 0.15) is 13.3 Å². The predicted octanol–water partition coefficient (Wildman–Crippen LogP) is 1.69. The van der Waals surface area contributed by atoms with Gasteiger partial charge in [0, 0.05) is 0 Å². The quantitative estimate of drug-likeness (QED) is 0.502. The van der Waals surface area contributed by atoms with E-state index in [9.17, 15) is 0 Å². The first-order valence-corrected chi connectivity index (χ1v) is 2.75. The second-order valence-electron chi connectivity index (χ2n) is 1.62. The third-order valence-electron chi connectivity index (χ3n) is 0.777. The summed E-state index contributed by atoms with van der Waals surface area (Å²) >= 11 is 5.64. The Kier molecular flexibility index (Phi) is 3.39. The molecular weight excluding hydrogens is 110 g/mol. The molecule has 0 aliphatic carbocycles. The minimum atomic E-state index is 0.903. The molecule has 0 saturated heterocycles. The first-order valence-electron chi connectivity index (χ1n) is 2.37. The van der Waals surface area contributed by atoms with Gasteiger partial charge in [-0.25, -0.2) is 0 Å². The second kappa shape index (κ2) is 3.28. The van der Waals surface area contributed by atoms with Crippen molar-refractivity contribution in [1.29, 1.82) is 0 Å². The van der Waals surface area contributed by atoms with E-state index >= 15 is 0 Å². The van der Waals surface area contributed by atoms with E-state index in [1.807, 2.05) is 25.9 Å². The lowest BCUT2D eigenvalue weighted by Crippen LogP contribution is -2.12. The van der Waals surface area contributed by atoms with Crippen LogP contribution in [-0.2, 0) is 0 Å². The highest BCUT2D eigenvalue weighted by Crippen LogP contribution is 2.11. The molecule has 7 heavy (non-hydrogen) atoms. The molecule has 0 atom stereocenters. The molecule has 43 valence electrons. The molecule has 0 aliphatic heterocycles. The van der Waals surface area contributed by atoms with Crippen LogP contribution in [-0.4, -0.2) is 19.0 Å². The first-order chi connectivity index (χ1) is 3.18. The van der Waals surface area contributed by atoms with E-state index in [2.05, 4.69) is 0 Å². The van der Waals surface area contributed by atoms with Gasteiger partial charge in [0.05, 0.1) is 0 Å². The Labute approximate surface area is 50.3 Å². The van der Waals surface area contributed by atoms with Crippen LogP contribution in [0.5, 0.6) is 0 Å². The number of nitrogens with zero attached hydrogens (tertiary/aromatic N) is 1. The number of halogens is 1. The Morgan fingerprint density at radius 2 is 2.00 bits per heavy atom. The van der Waals surface area contributed by atoms with Gasteiger partial charge in [0.2, 0.25) is 0 Å². The Morgan fingerprint density at radius 1 is 1.57 bits per heavy atom. The topological polar surface area (TPSA) is 3.24 Å². The lowest BCUT2D eigenvalue weighted by molar-refractivity contribution is 0.458. The SMILES string of the molecule is CC[C](Cl)N(C)C. The molecule has 0 aromatic heterocycles. The number of hydrogen-bond acceptors (Lipinski definition) is 1. The standard InChI is InChI=1S/C5H11ClN/c1-4-5(6)7(2)3/h4H2,1-3H3. The monoisotopic (exact) mass is 120 g/mol. The van der Waals surface area contributed by atoms with Crippen molar-refractivity contribution in [2.75, 3.05) is 14.1 Å². The van der Waals surface area contributed by atoms with Gasteiger partial charge in [-0.1, -0.05) is 18.5 Å². The van der Waals surface area contributed by atoms with Gasteiger partial charge in [-0.3, -0.25) is 4.90 Å². The third-order valence-corrected chi connectivity index (χ3v) is 1.38. The van der Waals surface area contributed by atoms with Gasteiger partial charge in [-0.2, -0.15) is 0 Å². The molecule has 0 heterocycles. The number of rotatable bonds is 2. The molecule has 0 N–H and O–H groups in total. The van der Waals surface area contributed by atoms with E-state index in [4.69, 9.17) is 11.6 Å². The van der Waals surface area contributed by atoms with Gasteiger partial charge in [-0.05, 0) is 20.5 Å². The minimum absolute atomic E-state index is 0.903. The lowest BCUT2D eigenvalue weighted by Gasteiger charge is -2.12. The van der Waals surface area contributed by atoms with Crippen molar-refractivity contribution in [1.82, 2.24) is 4.90 Å². The van der Waals surface area contributed by atoms with Crippen molar-refractivity contribution in [3.05, 3.63) is 5.50 Å². The summed E-state index contributed by atoms with van der Waals surface area (Å²) in [7, 11) is 3.87. The van der Waals surface area contributed by atoms with Crippen molar-refractivity contribution >= 4 is 11.6 Å². The van der Waals surface area contributed by atoms with Gasteiger partial charge >= 0.3 is 0 Å². The summed E-state index contributed by atoms with van der Waals surface area (Å²) < 4.78 is 0. The van der Waals surface area contributed by atoms with Gasteiger partial charge in [0.1, 0.15) is 5.50 Å². The molecule has 0 bridgehead atoms.